The Bertz CT molecular complexity index is 692. The number of hydrogen-bond donors (Lipinski definition) is 0. The normalized spacial score (nSPS) is 23.1. The van der Waals surface area contributed by atoms with E-state index in [1.807, 2.05) is 72.7 Å². The molecule has 2 aromatic carbocycles. The number of esters is 1. The average Bonchev–Trinajstić information content (AvgIpc) is 2.96. The van der Waals surface area contributed by atoms with E-state index in [1.54, 1.807) is 0 Å². The Kier molecular flexibility index (Phi) is 6.39. The molecule has 0 radical (unpaired) electrons. The molecule has 5 heteroatoms. The van der Waals surface area contributed by atoms with Crippen molar-refractivity contribution in [3.63, 3.8) is 0 Å². The van der Waals surface area contributed by atoms with Gasteiger partial charge in [0.25, 0.3) is 0 Å². The van der Waals surface area contributed by atoms with Crippen LogP contribution in [0.4, 0.5) is 0 Å². The number of benzene rings is 2. The van der Waals surface area contributed by atoms with E-state index in [2.05, 4.69) is 0 Å². The van der Waals surface area contributed by atoms with Crippen molar-refractivity contribution in [1.29, 1.82) is 0 Å². The summed E-state index contributed by atoms with van der Waals surface area (Å²) in [7, 11) is 1.41. The third-order valence-electron chi connectivity index (χ3n) is 4.58. The van der Waals surface area contributed by atoms with E-state index in [0.717, 1.165) is 11.1 Å². The van der Waals surface area contributed by atoms with Crippen LogP contribution in [-0.4, -0.2) is 36.4 Å². The summed E-state index contributed by atoms with van der Waals surface area (Å²) < 4.78 is 11.0. The number of methoxy groups -OCH3 is 1. The minimum Gasteiger partial charge on any atom is -0.469 e. The Morgan fingerprint density at radius 3 is 2.27 bits per heavy atom. The number of hydroxylamine groups is 2. The van der Waals surface area contributed by atoms with Gasteiger partial charge in [0.15, 0.2) is 0 Å². The first-order valence-corrected chi connectivity index (χ1v) is 8.87. The van der Waals surface area contributed by atoms with Crippen molar-refractivity contribution in [2.45, 2.75) is 44.7 Å². The Morgan fingerprint density at radius 1 is 1.04 bits per heavy atom. The van der Waals surface area contributed by atoms with Gasteiger partial charge < -0.3 is 9.47 Å². The predicted molar refractivity (Wildman–Crippen MR) is 98.0 cm³/mol. The molecule has 1 saturated heterocycles. The summed E-state index contributed by atoms with van der Waals surface area (Å²) in [5.41, 5.74) is 2.22. The second-order valence-electron chi connectivity index (χ2n) is 6.48. The summed E-state index contributed by atoms with van der Waals surface area (Å²) in [5, 5.41) is 1.85. The van der Waals surface area contributed by atoms with Gasteiger partial charge in [0, 0.05) is 6.54 Å². The number of carbonyl (C=O) groups excluding carboxylic acids is 1. The van der Waals surface area contributed by atoms with Crippen molar-refractivity contribution in [3.05, 3.63) is 71.8 Å². The van der Waals surface area contributed by atoms with Crippen molar-refractivity contribution in [2.24, 2.45) is 0 Å². The highest BCUT2D eigenvalue weighted by Crippen LogP contribution is 2.29. The zero-order valence-electron chi connectivity index (χ0n) is 15.2. The lowest BCUT2D eigenvalue weighted by Crippen LogP contribution is -2.39. The van der Waals surface area contributed by atoms with Crippen LogP contribution < -0.4 is 0 Å². The second kappa shape index (κ2) is 8.94. The highest BCUT2D eigenvalue weighted by atomic mass is 16.7. The molecule has 0 N–H and O–H groups in total. The third kappa shape index (κ3) is 4.69. The molecule has 138 valence electrons. The van der Waals surface area contributed by atoms with Crippen LogP contribution in [-0.2, 0) is 32.3 Å². The van der Waals surface area contributed by atoms with E-state index in [4.69, 9.17) is 14.3 Å². The Balaban J connectivity index is 1.71. The van der Waals surface area contributed by atoms with E-state index in [-0.39, 0.29) is 30.6 Å². The van der Waals surface area contributed by atoms with Crippen LogP contribution in [0, 0.1) is 0 Å². The fraction of sp³-hybridized carbons (Fsp3) is 0.381. The molecule has 0 amide bonds. The third-order valence-corrected chi connectivity index (χ3v) is 4.58. The molecule has 1 aliphatic heterocycles. The maximum absolute atomic E-state index is 11.9. The van der Waals surface area contributed by atoms with E-state index in [0.29, 0.717) is 13.2 Å². The molecule has 3 rings (SSSR count). The first-order chi connectivity index (χ1) is 12.7. The Hall–Kier alpha value is -2.21. The molecule has 0 saturated carbocycles. The van der Waals surface area contributed by atoms with E-state index >= 15 is 0 Å². The van der Waals surface area contributed by atoms with Gasteiger partial charge in [-0.05, 0) is 18.1 Å². The number of carbonyl (C=O) groups is 1. The topological polar surface area (TPSA) is 48.0 Å². The van der Waals surface area contributed by atoms with Crippen LogP contribution in [0.15, 0.2) is 60.7 Å². The van der Waals surface area contributed by atoms with Gasteiger partial charge in [-0.15, -0.1) is 0 Å². The summed E-state index contributed by atoms with van der Waals surface area (Å²) >= 11 is 0. The minimum absolute atomic E-state index is 0.142. The van der Waals surface area contributed by atoms with Gasteiger partial charge in [0.2, 0.25) is 0 Å². The van der Waals surface area contributed by atoms with Gasteiger partial charge in [-0.3, -0.25) is 9.63 Å². The van der Waals surface area contributed by atoms with Gasteiger partial charge in [-0.2, -0.15) is 5.06 Å². The predicted octanol–water partition coefficient (Wildman–Crippen LogP) is 3.34. The van der Waals surface area contributed by atoms with Crippen molar-refractivity contribution in [1.82, 2.24) is 5.06 Å². The summed E-state index contributed by atoms with van der Waals surface area (Å²) in [6.45, 7) is 3.05. The van der Waals surface area contributed by atoms with E-state index in [1.165, 1.54) is 7.11 Å². The lowest BCUT2D eigenvalue weighted by atomic mass is 10.0. The molecule has 0 spiro atoms. The Morgan fingerprint density at radius 2 is 1.65 bits per heavy atom. The molecular formula is C21H25NO4. The highest BCUT2D eigenvalue weighted by molar-refractivity contribution is 5.70. The fourth-order valence-electron chi connectivity index (χ4n) is 3.23. The first-order valence-electron chi connectivity index (χ1n) is 8.87. The number of nitrogens with zero attached hydrogens (tertiary/aromatic N) is 1. The number of hydrogen-bond acceptors (Lipinski definition) is 5. The molecule has 1 fully saturated rings. The van der Waals surface area contributed by atoms with Crippen LogP contribution >= 0.6 is 0 Å². The van der Waals surface area contributed by atoms with Crippen LogP contribution in [0.3, 0.4) is 0 Å². The van der Waals surface area contributed by atoms with Crippen molar-refractivity contribution in [2.75, 3.05) is 7.11 Å². The molecule has 1 heterocycles. The standard InChI is InChI=1S/C21H25NO4/c1-16-21(25-15-18-11-7-4-8-12-18)19(13-20(23)24-2)22(26-16)14-17-9-5-3-6-10-17/h3-12,16,19,21H,13-15H2,1-2H3/t16-,19-,21-/m0/s1. The monoisotopic (exact) mass is 355 g/mol. The van der Waals surface area contributed by atoms with E-state index in [9.17, 15) is 4.79 Å². The van der Waals surface area contributed by atoms with Crippen molar-refractivity contribution >= 4 is 5.97 Å². The van der Waals surface area contributed by atoms with Gasteiger partial charge >= 0.3 is 5.97 Å². The molecule has 0 unspecified atom stereocenters. The minimum atomic E-state index is -0.265. The van der Waals surface area contributed by atoms with Crippen LogP contribution in [0.1, 0.15) is 24.5 Å². The molecular weight excluding hydrogens is 330 g/mol. The summed E-state index contributed by atoms with van der Waals surface area (Å²) in [6.07, 6.45) is -0.122. The molecule has 5 nitrogen and oxygen atoms in total. The molecule has 0 bridgehead atoms. The molecule has 1 aliphatic rings. The second-order valence-corrected chi connectivity index (χ2v) is 6.48. The summed E-state index contributed by atoms with van der Waals surface area (Å²) in [6, 6.07) is 19.9. The SMILES string of the molecule is COC(=O)C[C@H]1[C@@H](OCc2ccccc2)[C@H](C)ON1Cc1ccccc1. The Labute approximate surface area is 154 Å². The number of ether oxygens (including phenoxy) is 2. The average molecular weight is 355 g/mol. The van der Waals surface area contributed by atoms with Gasteiger partial charge in [0.05, 0.1) is 26.2 Å². The molecule has 0 aliphatic carbocycles. The zero-order chi connectivity index (χ0) is 18.4. The smallest absolute Gasteiger partial charge is 0.307 e. The lowest BCUT2D eigenvalue weighted by Gasteiger charge is -2.25. The molecule has 3 atom stereocenters. The quantitative estimate of drug-likeness (QED) is 0.713. The van der Waals surface area contributed by atoms with Crippen LogP contribution in [0.5, 0.6) is 0 Å². The maximum atomic E-state index is 11.9. The maximum Gasteiger partial charge on any atom is 0.307 e. The van der Waals surface area contributed by atoms with Gasteiger partial charge in [0.1, 0.15) is 12.2 Å². The summed E-state index contributed by atoms with van der Waals surface area (Å²) in [5.74, 6) is -0.265. The molecule has 26 heavy (non-hydrogen) atoms. The lowest BCUT2D eigenvalue weighted by molar-refractivity contribution is -0.171. The summed E-state index contributed by atoms with van der Waals surface area (Å²) in [4.78, 5) is 18.0. The van der Waals surface area contributed by atoms with Crippen molar-refractivity contribution in [3.8, 4) is 0 Å². The molecule has 0 aromatic heterocycles. The van der Waals surface area contributed by atoms with E-state index < -0.39 is 0 Å². The highest BCUT2D eigenvalue weighted by Gasteiger charge is 2.43. The van der Waals surface area contributed by atoms with Gasteiger partial charge in [-0.1, -0.05) is 60.7 Å². The van der Waals surface area contributed by atoms with Gasteiger partial charge in [-0.25, -0.2) is 0 Å². The van der Waals surface area contributed by atoms with Crippen LogP contribution in [0.2, 0.25) is 0 Å². The number of rotatable bonds is 7. The zero-order valence-corrected chi connectivity index (χ0v) is 15.2. The first kappa shape index (κ1) is 18.6. The van der Waals surface area contributed by atoms with Crippen molar-refractivity contribution < 1.29 is 19.1 Å². The largest absolute Gasteiger partial charge is 0.469 e. The fourth-order valence-corrected chi connectivity index (χ4v) is 3.23. The molecule has 2 aromatic rings. The van der Waals surface area contributed by atoms with Crippen LogP contribution in [0.25, 0.3) is 0 Å².